The van der Waals surface area contributed by atoms with Gasteiger partial charge in [-0.3, -0.25) is 9.69 Å². The summed E-state index contributed by atoms with van der Waals surface area (Å²) in [7, 11) is -3.60. The van der Waals surface area contributed by atoms with Gasteiger partial charge in [0.05, 0.1) is 17.1 Å². The highest BCUT2D eigenvalue weighted by atomic mass is 32.2. The van der Waals surface area contributed by atoms with Gasteiger partial charge in [-0.05, 0) is 49.7 Å². The van der Waals surface area contributed by atoms with Crippen LogP contribution in [0.5, 0.6) is 0 Å². The number of rotatable bonds is 9. The molecule has 0 atom stereocenters. The Morgan fingerprint density at radius 1 is 1.12 bits per heavy atom. The van der Waals surface area contributed by atoms with Crippen molar-refractivity contribution in [2.24, 2.45) is 0 Å². The summed E-state index contributed by atoms with van der Waals surface area (Å²) in [6.07, 6.45) is 0.724. The number of nitrogens with zero attached hydrogens (tertiary/aromatic N) is 2. The Morgan fingerprint density at radius 2 is 1.79 bits per heavy atom. The van der Waals surface area contributed by atoms with Gasteiger partial charge in [-0.25, -0.2) is 13.2 Å². The van der Waals surface area contributed by atoms with Crippen molar-refractivity contribution in [1.82, 2.24) is 9.21 Å². The van der Waals surface area contributed by atoms with E-state index in [1.54, 1.807) is 20.8 Å². The number of hydrogen-bond donors (Lipinski definition) is 1. The molecule has 2 aromatic rings. The largest absolute Gasteiger partial charge is 0.462 e. The van der Waals surface area contributed by atoms with Crippen LogP contribution in [0.1, 0.15) is 58.9 Å². The number of nitrogens with one attached hydrogen (secondary N) is 1. The van der Waals surface area contributed by atoms with E-state index in [2.05, 4.69) is 17.1 Å². The molecule has 3 rings (SSSR count). The lowest BCUT2D eigenvalue weighted by Gasteiger charge is -2.25. The molecule has 10 heteroatoms. The van der Waals surface area contributed by atoms with Crippen LogP contribution in [0, 0.1) is 0 Å². The highest BCUT2D eigenvalue weighted by Gasteiger charge is 2.29. The molecule has 0 fully saturated rings. The van der Waals surface area contributed by atoms with Crippen LogP contribution in [0.3, 0.4) is 0 Å². The lowest BCUT2D eigenvalue weighted by Crippen LogP contribution is -2.30. The first-order valence-electron chi connectivity index (χ1n) is 11.2. The number of carbonyl (C=O) groups excluding carboxylic acids is 2. The molecule has 1 N–H and O–H groups in total. The zero-order valence-corrected chi connectivity index (χ0v) is 21.1. The van der Waals surface area contributed by atoms with Crippen molar-refractivity contribution < 1.29 is 22.7 Å². The molecule has 0 bridgehead atoms. The van der Waals surface area contributed by atoms with Gasteiger partial charge in [-0.15, -0.1) is 11.3 Å². The van der Waals surface area contributed by atoms with Gasteiger partial charge in [0, 0.05) is 36.6 Å². The highest BCUT2D eigenvalue weighted by Crippen LogP contribution is 2.38. The van der Waals surface area contributed by atoms with E-state index in [1.807, 2.05) is 0 Å². The highest BCUT2D eigenvalue weighted by molar-refractivity contribution is 7.89. The number of thiophene rings is 1. The van der Waals surface area contributed by atoms with Crippen molar-refractivity contribution in [2.45, 2.75) is 45.6 Å². The van der Waals surface area contributed by atoms with Crippen molar-refractivity contribution in [1.29, 1.82) is 0 Å². The van der Waals surface area contributed by atoms with Crippen LogP contribution >= 0.6 is 11.3 Å². The van der Waals surface area contributed by atoms with Gasteiger partial charge in [0.2, 0.25) is 10.0 Å². The Hall–Kier alpha value is -2.27. The van der Waals surface area contributed by atoms with Crippen molar-refractivity contribution in [3.63, 3.8) is 0 Å². The number of anilines is 1. The number of ether oxygens (including phenoxy) is 1. The average Bonchev–Trinajstić information content (AvgIpc) is 3.16. The lowest BCUT2D eigenvalue weighted by molar-refractivity contribution is 0.0526. The Morgan fingerprint density at radius 3 is 2.36 bits per heavy atom. The monoisotopic (exact) mass is 493 g/mol. The van der Waals surface area contributed by atoms with Crippen LogP contribution in [-0.2, 0) is 27.7 Å². The van der Waals surface area contributed by atoms with Crippen LogP contribution in [0.2, 0.25) is 0 Å². The number of fused-ring (bicyclic) bond motifs is 1. The summed E-state index contributed by atoms with van der Waals surface area (Å²) in [5.41, 5.74) is 1.69. The molecule has 1 amide bonds. The summed E-state index contributed by atoms with van der Waals surface area (Å²) in [5.74, 6) is -0.839. The molecule has 180 valence electrons. The number of carbonyl (C=O) groups is 2. The third-order valence-corrected chi connectivity index (χ3v) is 8.95. The number of amides is 1. The van der Waals surface area contributed by atoms with Crippen LogP contribution < -0.4 is 5.32 Å². The number of benzene rings is 1. The second-order valence-corrected chi connectivity index (χ2v) is 10.7. The first-order chi connectivity index (χ1) is 15.8. The number of sulfonamides is 1. The minimum absolute atomic E-state index is 0.140. The molecule has 0 aliphatic carbocycles. The van der Waals surface area contributed by atoms with E-state index < -0.39 is 21.9 Å². The molecule has 0 saturated heterocycles. The van der Waals surface area contributed by atoms with Gasteiger partial charge in [-0.2, -0.15) is 4.31 Å². The average molecular weight is 494 g/mol. The van der Waals surface area contributed by atoms with E-state index in [0.717, 1.165) is 36.5 Å². The Labute approximate surface area is 199 Å². The van der Waals surface area contributed by atoms with Crippen LogP contribution in [0.25, 0.3) is 0 Å². The number of esters is 1. The first kappa shape index (κ1) is 25.4. The fourth-order valence-corrected chi connectivity index (χ4v) is 6.63. The predicted molar refractivity (Wildman–Crippen MR) is 129 cm³/mol. The van der Waals surface area contributed by atoms with E-state index in [-0.39, 0.29) is 11.5 Å². The van der Waals surface area contributed by atoms with E-state index >= 15 is 0 Å². The normalized spacial score (nSPS) is 14.2. The molecule has 33 heavy (non-hydrogen) atoms. The molecule has 1 aromatic carbocycles. The molecule has 0 spiro atoms. The second kappa shape index (κ2) is 10.8. The minimum atomic E-state index is -3.60. The molecule has 1 aromatic heterocycles. The maximum atomic E-state index is 13.0. The Bertz CT molecular complexity index is 1110. The standard InChI is InChI=1S/C23H31N3O5S2/c1-5-25-14-13-18-19(15-25)32-22(20(18)23(28)31-8-4)24-21(27)16-9-11-17(12-10-16)33(29,30)26(6-2)7-3/h9-12H,5-8,13-15H2,1-4H3,(H,24,27). The van der Waals surface area contributed by atoms with Crippen molar-refractivity contribution in [3.05, 3.63) is 45.8 Å². The molecule has 0 unspecified atom stereocenters. The summed E-state index contributed by atoms with van der Waals surface area (Å²) in [4.78, 5) is 29.1. The smallest absolute Gasteiger partial charge is 0.341 e. The summed E-state index contributed by atoms with van der Waals surface area (Å²) in [6, 6.07) is 5.85. The summed E-state index contributed by atoms with van der Waals surface area (Å²) in [6.45, 7) is 10.9. The molecule has 2 heterocycles. The van der Waals surface area contributed by atoms with Gasteiger partial charge in [-0.1, -0.05) is 20.8 Å². The third kappa shape index (κ3) is 5.29. The Kier molecular flexibility index (Phi) is 8.28. The summed E-state index contributed by atoms with van der Waals surface area (Å²) >= 11 is 1.40. The van der Waals surface area contributed by atoms with E-state index in [1.165, 1.54) is 39.9 Å². The van der Waals surface area contributed by atoms with E-state index in [4.69, 9.17) is 4.74 Å². The molecular formula is C23H31N3O5S2. The van der Waals surface area contributed by atoms with Gasteiger partial charge >= 0.3 is 5.97 Å². The van der Waals surface area contributed by atoms with Gasteiger partial charge < -0.3 is 10.1 Å². The number of likely N-dealkylation sites (N-methyl/N-ethyl adjacent to an activating group) is 1. The van der Waals surface area contributed by atoms with Crippen LogP contribution in [-0.4, -0.2) is 62.3 Å². The van der Waals surface area contributed by atoms with Gasteiger partial charge in [0.25, 0.3) is 5.91 Å². The Balaban J connectivity index is 1.87. The maximum absolute atomic E-state index is 13.0. The zero-order valence-electron chi connectivity index (χ0n) is 19.5. The summed E-state index contributed by atoms with van der Waals surface area (Å²) in [5, 5.41) is 3.33. The SMILES string of the molecule is CCOC(=O)c1c(NC(=O)c2ccc(S(=O)(=O)N(CC)CC)cc2)sc2c1CCN(CC)C2. The van der Waals surface area contributed by atoms with Crippen molar-refractivity contribution in [3.8, 4) is 0 Å². The topological polar surface area (TPSA) is 96.0 Å². The summed E-state index contributed by atoms with van der Waals surface area (Å²) < 4.78 is 32.0. The van der Waals surface area contributed by atoms with Crippen molar-refractivity contribution in [2.75, 3.05) is 38.1 Å². The third-order valence-electron chi connectivity index (χ3n) is 5.75. The molecule has 0 saturated carbocycles. The van der Waals surface area contributed by atoms with E-state index in [0.29, 0.717) is 29.2 Å². The molecule has 8 nitrogen and oxygen atoms in total. The molecule has 1 aliphatic heterocycles. The van der Waals surface area contributed by atoms with Gasteiger partial charge in [0.1, 0.15) is 5.00 Å². The second-order valence-electron chi connectivity index (χ2n) is 7.61. The van der Waals surface area contributed by atoms with Crippen molar-refractivity contribution >= 4 is 38.2 Å². The maximum Gasteiger partial charge on any atom is 0.341 e. The minimum Gasteiger partial charge on any atom is -0.462 e. The fourth-order valence-electron chi connectivity index (χ4n) is 3.90. The van der Waals surface area contributed by atoms with Crippen LogP contribution in [0.4, 0.5) is 5.00 Å². The molecule has 0 radical (unpaired) electrons. The zero-order chi connectivity index (χ0) is 24.2. The fraction of sp³-hybridized carbons (Fsp3) is 0.478. The quantitative estimate of drug-likeness (QED) is 0.537. The van der Waals surface area contributed by atoms with E-state index in [9.17, 15) is 18.0 Å². The lowest BCUT2D eigenvalue weighted by atomic mass is 10.0. The number of hydrogen-bond acceptors (Lipinski definition) is 7. The van der Waals surface area contributed by atoms with Crippen LogP contribution in [0.15, 0.2) is 29.2 Å². The molecular weight excluding hydrogens is 462 g/mol. The predicted octanol–water partition coefficient (Wildman–Crippen LogP) is 3.59. The molecule has 1 aliphatic rings. The first-order valence-corrected chi connectivity index (χ1v) is 13.5. The van der Waals surface area contributed by atoms with Gasteiger partial charge in [0.15, 0.2) is 0 Å².